The molecule has 3 rings (SSSR count). The molecule has 0 aromatic carbocycles. The summed E-state index contributed by atoms with van der Waals surface area (Å²) >= 11 is 0. The van der Waals surface area contributed by atoms with Gasteiger partial charge in [-0.1, -0.05) is 25.3 Å². The normalized spacial score (nSPS) is 20.0. The number of likely N-dealkylation sites (tertiary alicyclic amines) is 1. The summed E-state index contributed by atoms with van der Waals surface area (Å²) in [4.78, 5) is 43.1. The zero-order chi connectivity index (χ0) is 23.1. The molecule has 0 unspecified atom stereocenters. The molecule has 10 nitrogen and oxygen atoms in total. The fourth-order valence-electron chi connectivity index (χ4n) is 4.60. The molecule has 1 aromatic rings. The van der Waals surface area contributed by atoms with Gasteiger partial charge in [-0.3, -0.25) is 30.1 Å². The second kappa shape index (κ2) is 11.0. The second-order valence-electron chi connectivity index (χ2n) is 8.52. The minimum absolute atomic E-state index is 0.0887. The van der Waals surface area contributed by atoms with Crippen LogP contribution < -0.4 is 16.4 Å². The smallest absolute Gasteiger partial charge is 0.317 e. The molecule has 0 radical (unpaired) electrons. The van der Waals surface area contributed by atoms with Crippen LogP contribution in [0.15, 0.2) is 18.3 Å². The van der Waals surface area contributed by atoms with Gasteiger partial charge in [0.1, 0.15) is 17.6 Å². The number of carbonyl (C=O) groups excluding carboxylic acids is 2. The number of rotatable bonds is 9. The van der Waals surface area contributed by atoms with Gasteiger partial charge in [0.15, 0.2) is 0 Å². The van der Waals surface area contributed by atoms with E-state index < -0.39 is 18.1 Å². The molecule has 32 heavy (non-hydrogen) atoms. The van der Waals surface area contributed by atoms with Crippen molar-refractivity contribution >= 4 is 23.6 Å². The Kier molecular flexibility index (Phi) is 8.15. The summed E-state index contributed by atoms with van der Waals surface area (Å²) in [5.41, 5.74) is 6.54. The number of carbonyl (C=O) groups is 3. The number of carboxylic acids is 1. The van der Waals surface area contributed by atoms with E-state index >= 15 is 0 Å². The summed E-state index contributed by atoms with van der Waals surface area (Å²) in [6.45, 7) is 0.469. The number of hydrogen-bond acceptors (Lipinski definition) is 6. The van der Waals surface area contributed by atoms with Gasteiger partial charge in [-0.05, 0) is 43.2 Å². The van der Waals surface area contributed by atoms with Crippen LogP contribution in [-0.2, 0) is 20.9 Å². The van der Waals surface area contributed by atoms with Gasteiger partial charge in [0.05, 0.1) is 12.6 Å². The predicted octanol–water partition coefficient (Wildman–Crippen LogP) is 0.596. The Labute approximate surface area is 187 Å². The number of nitrogen functional groups attached to an aromatic ring is 1. The topological polar surface area (TPSA) is 162 Å². The highest BCUT2D eigenvalue weighted by Gasteiger charge is 2.39. The van der Waals surface area contributed by atoms with Crippen LogP contribution in [0.4, 0.5) is 0 Å². The lowest BCUT2D eigenvalue weighted by Gasteiger charge is -2.34. The Morgan fingerprint density at radius 2 is 1.94 bits per heavy atom. The van der Waals surface area contributed by atoms with Crippen molar-refractivity contribution in [2.24, 2.45) is 11.7 Å². The monoisotopic (exact) mass is 444 g/mol. The highest BCUT2D eigenvalue weighted by molar-refractivity contribution is 5.93. The fraction of sp³-hybridized carbons (Fsp3) is 0.591. The first-order valence-corrected chi connectivity index (χ1v) is 11.2. The molecule has 174 valence electrons. The number of amidine groups is 1. The standard InChI is InChI=1S/C22H32N6O4/c23-20(24)16-9-8-14(11-25-16)12-27-21(31)17-7-4-10-28(17)22(32)19(26-13-18(29)30)15-5-2-1-3-6-15/h8-9,11,15,17,19,26H,1-7,10,12-13H2,(H3,23,24)(H,27,31)(H,29,30)/t17-,19+/m0/s1. The minimum atomic E-state index is -1.00. The van der Waals surface area contributed by atoms with Gasteiger partial charge in [0.25, 0.3) is 0 Å². The minimum Gasteiger partial charge on any atom is -0.480 e. The molecule has 2 aliphatic rings. The molecule has 10 heteroatoms. The zero-order valence-corrected chi connectivity index (χ0v) is 18.2. The van der Waals surface area contributed by atoms with E-state index in [-0.39, 0.29) is 36.7 Å². The van der Waals surface area contributed by atoms with E-state index in [1.54, 1.807) is 23.2 Å². The SMILES string of the molecule is N=C(N)c1ccc(CNC(=O)[C@@H]2CCCN2C(=O)[C@H](NCC(=O)O)C2CCCCC2)cn1. The van der Waals surface area contributed by atoms with Gasteiger partial charge in [-0.15, -0.1) is 0 Å². The number of aromatic nitrogens is 1. The third-order valence-electron chi connectivity index (χ3n) is 6.27. The van der Waals surface area contributed by atoms with Crippen molar-refractivity contribution in [3.8, 4) is 0 Å². The van der Waals surface area contributed by atoms with E-state index in [1.807, 2.05) is 0 Å². The van der Waals surface area contributed by atoms with Gasteiger partial charge < -0.3 is 21.1 Å². The molecular weight excluding hydrogens is 412 g/mol. The number of amides is 2. The number of nitrogens with two attached hydrogens (primary N) is 1. The second-order valence-corrected chi connectivity index (χ2v) is 8.52. The Hall–Kier alpha value is -3.01. The third-order valence-corrected chi connectivity index (χ3v) is 6.27. The van der Waals surface area contributed by atoms with Crippen LogP contribution in [0, 0.1) is 11.3 Å². The predicted molar refractivity (Wildman–Crippen MR) is 118 cm³/mol. The molecule has 6 N–H and O–H groups in total. The first kappa shape index (κ1) is 23.6. The van der Waals surface area contributed by atoms with E-state index in [2.05, 4.69) is 15.6 Å². The van der Waals surface area contributed by atoms with Crippen LogP contribution in [0.25, 0.3) is 0 Å². The maximum atomic E-state index is 13.4. The maximum absolute atomic E-state index is 13.4. The van der Waals surface area contributed by atoms with Crippen LogP contribution in [0.2, 0.25) is 0 Å². The number of hydrogen-bond donors (Lipinski definition) is 5. The lowest BCUT2D eigenvalue weighted by molar-refractivity contribution is -0.142. The van der Waals surface area contributed by atoms with Crippen LogP contribution >= 0.6 is 0 Å². The summed E-state index contributed by atoms with van der Waals surface area (Å²) in [6.07, 6.45) is 7.84. The summed E-state index contributed by atoms with van der Waals surface area (Å²) in [5, 5.41) is 22.3. The molecule has 2 amide bonds. The van der Waals surface area contributed by atoms with Crippen molar-refractivity contribution in [3.63, 3.8) is 0 Å². The van der Waals surface area contributed by atoms with Crippen molar-refractivity contribution in [1.82, 2.24) is 20.5 Å². The zero-order valence-electron chi connectivity index (χ0n) is 18.2. The Morgan fingerprint density at radius 3 is 2.56 bits per heavy atom. The Morgan fingerprint density at radius 1 is 1.19 bits per heavy atom. The van der Waals surface area contributed by atoms with Gasteiger partial charge in [0, 0.05) is 19.3 Å². The summed E-state index contributed by atoms with van der Waals surface area (Å²) in [6, 6.07) is 2.22. The van der Waals surface area contributed by atoms with E-state index in [0.717, 1.165) is 44.1 Å². The van der Waals surface area contributed by atoms with Crippen molar-refractivity contribution in [1.29, 1.82) is 5.41 Å². The van der Waals surface area contributed by atoms with E-state index in [4.69, 9.17) is 16.2 Å². The van der Waals surface area contributed by atoms with Crippen molar-refractivity contribution in [2.75, 3.05) is 13.1 Å². The highest BCUT2D eigenvalue weighted by atomic mass is 16.4. The molecule has 2 atom stereocenters. The lowest BCUT2D eigenvalue weighted by Crippen LogP contribution is -2.55. The van der Waals surface area contributed by atoms with Crippen LogP contribution in [0.1, 0.15) is 56.2 Å². The van der Waals surface area contributed by atoms with Crippen LogP contribution in [-0.4, -0.2) is 63.8 Å². The van der Waals surface area contributed by atoms with Crippen molar-refractivity contribution in [3.05, 3.63) is 29.6 Å². The maximum Gasteiger partial charge on any atom is 0.317 e. The molecule has 0 spiro atoms. The van der Waals surface area contributed by atoms with Crippen molar-refractivity contribution < 1.29 is 19.5 Å². The quantitative estimate of drug-likeness (QED) is 0.275. The molecule has 1 aliphatic carbocycles. The average Bonchev–Trinajstić information content (AvgIpc) is 3.28. The summed E-state index contributed by atoms with van der Waals surface area (Å²) in [5.74, 6) is -1.44. The van der Waals surface area contributed by atoms with Gasteiger partial charge in [-0.25, -0.2) is 0 Å². The van der Waals surface area contributed by atoms with E-state index in [0.29, 0.717) is 18.7 Å². The molecule has 2 fully saturated rings. The fourth-order valence-corrected chi connectivity index (χ4v) is 4.60. The van der Waals surface area contributed by atoms with Gasteiger partial charge in [0.2, 0.25) is 11.8 Å². The average molecular weight is 445 g/mol. The molecular formula is C22H32N6O4. The summed E-state index contributed by atoms with van der Waals surface area (Å²) in [7, 11) is 0. The number of nitrogens with zero attached hydrogens (tertiary/aromatic N) is 2. The molecule has 1 aromatic heterocycles. The number of pyridine rings is 1. The van der Waals surface area contributed by atoms with Crippen molar-refractivity contribution in [2.45, 2.75) is 63.6 Å². The first-order valence-electron chi connectivity index (χ1n) is 11.2. The van der Waals surface area contributed by atoms with E-state index in [9.17, 15) is 14.4 Å². The Balaban J connectivity index is 1.63. The number of nitrogens with one attached hydrogen (secondary N) is 3. The molecule has 2 heterocycles. The third kappa shape index (κ3) is 6.03. The molecule has 1 aliphatic heterocycles. The van der Waals surface area contributed by atoms with Gasteiger partial charge in [-0.2, -0.15) is 0 Å². The largest absolute Gasteiger partial charge is 0.480 e. The lowest BCUT2D eigenvalue weighted by atomic mass is 9.83. The first-order chi connectivity index (χ1) is 15.4. The molecule has 0 bridgehead atoms. The highest BCUT2D eigenvalue weighted by Crippen LogP contribution is 2.29. The summed E-state index contributed by atoms with van der Waals surface area (Å²) < 4.78 is 0. The van der Waals surface area contributed by atoms with Crippen LogP contribution in [0.5, 0.6) is 0 Å². The van der Waals surface area contributed by atoms with Crippen LogP contribution in [0.3, 0.4) is 0 Å². The number of aliphatic carboxylic acids is 1. The molecule has 1 saturated heterocycles. The Bertz CT molecular complexity index is 837. The van der Waals surface area contributed by atoms with E-state index in [1.165, 1.54) is 0 Å². The number of carboxylic acid groups (broad SMARTS) is 1. The van der Waals surface area contributed by atoms with Gasteiger partial charge >= 0.3 is 5.97 Å². The molecule has 1 saturated carbocycles.